The van der Waals surface area contributed by atoms with Gasteiger partial charge in [-0.1, -0.05) is 20.8 Å². The summed E-state index contributed by atoms with van der Waals surface area (Å²) in [5, 5.41) is 0. The highest BCUT2D eigenvalue weighted by Gasteiger charge is 2.40. The molecule has 5 nitrogen and oxygen atoms in total. The third-order valence-corrected chi connectivity index (χ3v) is 5.22. The third-order valence-electron chi connectivity index (χ3n) is 3.35. The smallest absolute Gasteiger partial charge is 0.324 e. The molecule has 1 fully saturated rings. The lowest BCUT2D eigenvalue weighted by Gasteiger charge is -2.28. The number of esters is 1. The van der Waals surface area contributed by atoms with Crippen molar-refractivity contribution >= 4 is 16.0 Å². The molecule has 124 valence electrons. The van der Waals surface area contributed by atoms with E-state index >= 15 is 0 Å². The normalized spacial score (nSPS) is 21.5. The maximum Gasteiger partial charge on any atom is 0.324 e. The first-order chi connectivity index (χ1) is 9.32. The van der Waals surface area contributed by atoms with Crippen LogP contribution >= 0.6 is 0 Å². The second kappa shape index (κ2) is 6.24. The van der Waals surface area contributed by atoms with Crippen molar-refractivity contribution in [1.29, 1.82) is 0 Å². The summed E-state index contributed by atoms with van der Waals surface area (Å²) in [6, 6.07) is -0.658. The fraction of sp³-hybridized carbons (Fsp3) is 0.933. The largest absolute Gasteiger partial charge is 0.459 e. The van der Waals surface area contributed by atoms with Crippen LogP contribution in [0.3, 0.4) is 0 Å². The van der Waals surface area contributed by atoms with Crippen LogP contribution in [0, 0.1) is 5.41 Å². The monoisotopic (exact) mass is 319 g/mol. The summed E-state index contributed by atoms with van der Waals surface area (Å²) in [6.45, 7) is 11.8. The molecule has 0 radical (unpaired) electrons. The predicted molar refractivity (Wildman–Crippen MR) is 83.4 cm³/mol. The van der Waals surface area contributed by atoms with Gasteiger partial charge >= 0.3 is 5.97 Å². The quantitative estimate of drug-likeness (QED) is 0.747. The van der Waals surface area contributed by atoms with Crippen LogP contribution in [0.15, 0.2) is 0 Å². The first-order valence-corrected chi connectivity index (χ1v) is 9.15. The lowest BCUT2D eigenvalue weighted by molar-refractivity contribution is -0.158. The summed E-state index contributed by atoms with van der Waals surface area (Å²) in [6.07, 6.45) is 1.83. The van der Waals surface area contributed by atoms with Gasteiger partial charge in [-0.15, -0.1) is 0 Å². The molecule has 0 amide bonds. The van der Waals surface area contributed by atoms with Gasteiger partial charge in [0.1, 0.15) is 11.6 Å². The Morgan fingerprint density at radius 2 is 1.76 bits per heavy atom. The van der Waals surface area contributed by atoms with Gasteiger partial charge in [-0.05, 0) is 45.4 Å². The van der Waals surface area contributed by atoms with Gasteiger partial charge in [0.2, 0.25) is 10.0 Å². The molecular formula is C15H29NO4S. The van der Waals surface area contributed by atoms with E-state index in [4.69, 9.17) is 4.74 Å². The van der Waals surface area contributed by atoms with Crippen molar-refractivity contribution in [2.75, 3.05) is 12.3 Å². The first kappa shape index (κ1) is 18.4. The Labute approximate surface area is 129 Å². The molecule has 1 aliphatic rings. The van der Waals surface area contributed by atoms with Crippen LogP contribution in [0.4, 0.5) is 0 Å². The van der Waals surface area contributed by atoms with Crippen LogP contribution < -0.4 is 0 Å². The van der Waals surface area contributed by atoms with Crippen molar-refractivity contribution in [2.24, 2.45) is 5.41 Å². The number of nitrogens with zero attached hydrogens (tertiary/aromatic N) is 1. The van der Waals surface area contributed by atoms with Gasteiger partial charge in [-0.3, -0.25) is 4.79 Å². The SMILES string of the molecule is CC(C)(C)CCS(=O)(=O)N1CCC[C@@H]1C(=O)OC(C)(C)C. The summed E-state index contributed by atoms with van der Waals surface area (Å²) in [7, 11) is -3.41. The zero-order valence-corrected chi connectivity index (χ0v) is 14.9. The maximum atomic E-state index is 12.5. The van der Waals surface area contributed by atoms with Crippen molar-refractivity contribution in [1.82, 2.24) is 4.31 Å². The molecule has 1 saturated heterocycles. The van der Waals surface area contributed by atoms with Crippen LogP contribution in [0.1, 0.15) is 60.8 Å². The van der Waals surface area contributed by atoms with Gasteiger partial charge in [0.05, 0.1) is 5.75 Å². The summed E-state index contributed by atoms with van der Waals surface area (Å²) >= 11 is 0. The highest BCUT2D eigenvalue weighted by molar-refractivity contribution is 7.89. The Kier molecular flexibility index (Phi) is 5.48. The summed E-state index contributed by atoms with van der Waals surface area (Å²) in [4.78, 5) is 12.2. The van der Waals surface area contributed by atoms with E-state index < -0.39 is 27.6 Å². The summed E-state index contributed by atoms with van der Waals surface area (Å²) in [5.41, 5.74) is -0.644. The molecule has 0 aromatic rings. The molecule has 0 saturated carbocycles. The number of ether oxygens (including phenoxy) is 1. The summed E-state index contributed by atoms with van der Waals surface area (Å²) < 4.78 is 31.6. The van der Waals surface area contributed by atoms with Crippen molar-refractivity contribution in [2.45, 2.75) is 72.4 Å². The Hall–Kier alpha value is -0.620. The number of carbonyl (C=O) groups excluding carboxylic acids is 1. The van der Waals surface area contributed by atoms with E-state index in [1.165, 1.54) is 4.31 Å². The average molecular weight is 319 g/mol. The van der Waals surface area contributed by atoms with E-state index in [0.717, 1.165) is 0 Å². The second-order valence-electron chi connectivity index (χ2n) is 7.93. The maximum absolute atomic E-state index is 12.5. The van der Waals surface area contributed by atoms with Crippen LogP contribution in [0.2, 0.25) is 0 Å². The van der Waals surface area contributed by atoms with Crippen molar-refractivity contribution in [3.63, 3.8) is 0 Å². The minimum Gasteiger partial charge on any atom is -0.459 e. The molecule has 1 atom stereocenters. The zero-order valence-electron chi connectivity index (χ0n) is 14.1. The number of carbonyl (C=O) groups is 1. The highest BCUT2D eigenvalue weighted by Crippen LogP contribution is 2.27. The van der Waals surface area contributed by atoms with Crippen LogP contribution in [-0.4, -0.2) is 42.6 Å². The number of hydrogen-bond acceptors (Lipinski definition) is 4. The standard InChI is InChI=1S/C15H29NO4S/c1-14(2,3)9-11-21(18,19)16-10-7-8-12(16)13(17)20-15(4,5)6/h12H,7-11H2,1-6H3/t12-/m1/s1. The first-order valence-electron chi connectivity index (χ1n) is 7.54. The fourth-order valence-electron chi connectivity index (χ4n) is 2.23. The van der Waals surface area contributed by atoms with Crippen LogP contribution in [0.5, 0.6) is 0 Å². The lowest BCUT2D eigenvalue weighted by atomic mass is 9.94. The van der Waals surface area contributed by atoms with Gasteiger partial charge in [0.25, 0.3) is 0 Å². The lowest BCUT2D eigenvalue weighted by Crippen LogP contribution is -2.44. The molecule has 0 aromatic carbocycles. The molecule has 0 bridgehead atoms. The minimum absolute atomic E-state index is 0.0474. The molecule has 1 aliphatic heterocycles. The third kappa shape index (κ3) is 5.94. The van der Waals surface area contributed by atoms with Gasteiger partial charge in [-0.25, -0.2) is 8.42 Å². The van der Waals surface area contributed by atoms with Gasteiger partial charge in [0, 0.05) is 6.54 Å². The van der Waals surface area contributed by atoms with Crippen molar-refractivity contribution < 1.29 is 17.9 Å². The molecule has 0 aliphatic carbocycles. The molecule has 6 heteroatoms. The predicted octanol–water partition coefficient (Wildman–Crippen LogP) is 2.56. The van der Waals surface area contributed by atoms with Crippen LogP contribution in [0.25, 0.3) is 0 Å². The van der Waals surface area contributed by atoms with Gasteiger partial charge in [-0.2, -0.15) is 4.31 Å². The van der Waals surface area contributed by atoms with E-state index in [1.807, 2.05) is 20.8 Å². The average Bonchev–Trinajstić information content (AvgIpc) is 2.72. The van der Waals surface area contributed by atoms with Gasteiger partial charge in [0.15, 0.2) is 0 Å². The molecule has 0 spiro atoms. The molecule has 0 aromatic heterocycles. The number of sulfonamides is 1. The van der Waals surface area contributed by atoms with E-state index in [2.05, 4.69) is 0 Å². The zero-order chi connectivity index (χ0) is 16.5. The Morgan fingerprint density at radius 3 is 2.24 bits per heavy atom. The Bertz CT molecular complexity index is 471. The molecule has 1 heterocycles. The molecule has 21 heavy (non-hydrogen) atoms. The Morgan fingerprint density at radius 1 is 1.19 bits per heavy atom. The minimum atomic E-state index is -3.41. The van der Waals surface area contributed by atoms with Crippen molar-refractivity contribution in [3.05, 3.63) is 0 Å². The van der Waals surface area contributed by atoms with E-state index in [1.54, 1.807) is 20.8 Å². The molecular weight excluding hydrogens is 290 g/mol. The fourth-order valence-corrected chi connectivity index (χ4v) is 4.32. The van der Waals surface area contributed by atoms with E-state index in [9.17, 15) is 13.2 Å². The number of hydrogen-bond donors (Lipinski definition) is 0. The molecule has 1 rings (SSSR count). The summed E-state index contributed by atoms with van der Waals surface area (Å²) in [5.74, 6) is -0.352. The topological polar surface area (TPSA) is 63.7 Å². The van der Waals surface area contributed by atoms with Crippen molar-refractivity contribution in [3.8, 4) is 0 Å². The van der Waals surface area contributed by atoms with Crippen LogP contribution in [-0.2, 0) is 19.6 Å². The molecule has 0 unspecified atom stereocenters. The second-order valence-corrected chi connectivity index (χ2v) is 9.97. The Balaban J connectivity index is 2.79. The van der Waals surface area contributed by atoms with E-state index in [0.29, 0.717) is 25.8 Å². The van der Waals surface area contributed by atoms with E-state index in [-0.39, 0.29) is 11.2 Å². The highest BCUT2D eigenvalue weighted by atomic mass is 32.2. The van der Waals surface area contributed by atoms with Gasteiger partial charge < -0.3 is 4.74 Å². The molecule has 0 N–H and O–H groups in total. The number of rotatable bonds is 4.